The lowest BCUT2D eigenvalue weighted by atomic mass is 10.4. The molecule has 1 aliphatic rings. The fraction of sp³-hybridized carbons (Fsp3) is 0.545. The largest absolute Gasteiger partial charge is 0.342 e. The van der Waals surface area contributed by atoms with Crippen molar-refractivity contribution in [1.82, 2.24) is 4.90 Å². The summed E-state index contributed by atoms with van der Waals surface area (Å²) in [7, 11) is -3.40. The van der Waals surface area contributed by atoms with Crippen molar-refractivity contribution >= 4 is 38.7 Å². The van der Waals surface area contributed by atoms with Gasteiger partial charge in [0.25, 0.3) is 0 Å². The van der Waals surface area contributed by atoms with Gasteiger partial charge in [0.2, 0.25) is 5.91 Å². The van der Waals surface area contributed by atoms with Crippen LogP contribution in [0.3, 0.4) is 0 Å². The second-order valence-corrected chi connectivity index (χ2v) is 8.19. The fourth-order valence-corrected chi connectivity index (χ4v) is 4.79. The molecule has 0 saturated carbocycles. The van der Waals surface area contributed by atoms with E-state index in [2.05, 4.69) is 0 Å². The van der Waals surface area contributed by atoms with Gasteiger partial charge in [0.15, 0.2) is 9.84 Å². The maximum Gasteiger partial charge on any atom is 0.237 e. The Balaban J connectivity index is 1.96. The van der Waals surface area contributed by atoms with Crippen molar-refractivity contribution in [3.05, 3.63) is 21.3 Å². The number of nitrogens with zero attached hydrogens (tertiary/aromatic N) is 1. The molecule has 0 unspecified atom stereocenters. The predicted molar refractivity (Wildman–Crippen MR) is 72.6 cm³/mol. The van der Waals surface area contributed by atoms with Crippen LogP contribution in [0.2, 0.25) is 4.34 Å². The van der Waals surface area contributed by atoms with Crippen molar-refractivity contribution in [1.29, 1.82) is 0 Å². The van der Waals surface area contributed by atoms with Crippen LogP contribution in [-0.4, -0.2) is 38.1 Å². The van der Waals surface area contributed by atoms with Gasteiger partial charge < -0.3 is 4.90 Å². The van der Waals surface area contributed by atoms with Gasteiger partial charge in [0.05, 0.1) is 10.1 Å². The molecule has 0 aliphatic carbocycles. The van der Waals surface area contributed by atoms with Gasteiger partial charge in [-0.05, 0) is 25.0 Å². The first-order chi connectivity index (χ1) is 8.46. The van der Waals surface area contributed by atoms with E-state index < -0.39 is 15.6 Å². The Bertz CT molecular complexity index is 532. The number of sulfone groups is 1. The summed E-state index contributed by atoms with van der Waals surface area (Å²) >= 11 is 6.98. The molecule has 1 aliphatic heterocycles. The smallest absolute Gasteiger partial charge is 0.237 e. The summed E-state index contributed by atoms with van der Waals surface area (Å²) in [4.78, 5) is 14.1. The van der Waals surface area contributed by atoms with Gasteiger partial charge in [0.1, 0.15) is 5.75 Å². The van der Waals surface area contributed by atoms with E-state index in [4.69, 9.17) is 11.6 Å². The minimum absolute atomic E-state index is 0.107. The molecule has 0 radical (unpaired) electrons. The van der Waals surface area contributed by atoms with Crippen LogP contribution in [0.4, 0.5) is 0 Å². The quantitative estimate of drug-likeness (QED) is 0.854. The number of likely N-dealkylation sites (tertiary alicyclic amines) is 1. The first-order valence-corrected chi connectivity index (χ1v) is 8.70. The van der Waals surface area contributed by atoms with E-state index in [-0.39, 0.29) is 11.7 Å². The van der Waals surface area contributed by atoms with E-state index >= 15 is 0 Å². The van der Waals surface area contributed by atoms with Crippen molar-refractivity contribution in [3.63, 3.8) is 0 Å². The van der Waals surface area contributed by atoms with Crippen molar-refractivity contribution in [2.24, 2.45) is 0 Å². The minimum Gasteiger partial charge on any atom is -0.342 e. The maximum atomic E-state index is 11.9. The molecule has 1 saturated heterocycles. The predicted octanol–water partition coefficient (Wildman–Crippen LogP) is 1.94. The molecule has 18 heavy (non-hydrogen) atoms. The Morgan fingerprint density at radius 1 is 1.33 bits per heavy atom. The Morgan fingerprint density at radius 3 is 2.56 bits per heavy atom. The first-order valence-electron chi connectivity index (χ1n) is 5.69. The molecule has 0 atom stereocenters. The van der Waals surface area contributed by atoms with Crippen molar-refractivity contribution in [2.45, 2.75) is 18.6 Å². The molecule has 1 aromatic rings. The summed E-state index contributed by atoms with van der Waals surface area (Å²) in [5.41, 5.74) is 0. The zero-order valence-corrected chi connectivity index (χ0v) is 12.2. The van der Waals surface area contributed by atoms with Crippen molar-refractivity contribution in [2.75, 3.05) is 18.8 Å². The first kappa shape index (κ1) is 13.8. The molecule has 0 N–H and O–H groups in total. The highest BCUT2D eigenvalue weighted by molar-refractivity contribution is 7.91. The van der Waals surface area contributed by atoms with E-state index in [1.807, 2.05) is 0 Å². The van der Waals surface area contributed by atoms with E-state index in [0.29, 0.717) is 22.3 Å². The minimum atomic E-state index is -3.40. The number of hydrogen-bond donors (Lipinski definition) is 0. The van der Waals surface area contributed by atoms with E-state index in [1.165, 1.54) is 11.3 Å². The van der Waals surface area contributed by atoms with Crippen molar-refractivity contribution in [3.8, 4) is 0 Å². The lowest BCUT2D eigenvalue weighted by Gasteiger charge is -2.14. The molecule has 4 nitrogen and oxygen atoms in total. The highest BCUT2D eigenvalue weighted by Gasteiger charge is 2.24. The average molecular weight is 308 g/mol. The van der Waals surface area contributed by atoms with Gasteiger partial charge in [-0.2, -0.15) is 0 Å². The SMILES string of the molecule is O=C(CS(=O)(=O)Cc1ccc(Cl)s1)N1CCCC1. The fourth-order valence-electron chi connectivity index (χ4n) is 1.94. The maximum absolute atomic E-state index is 11.9. The van der Waals surface area contributed by atoms with Gasteiger partial charge in [-0.15, -0.1) is 11.3 Å². The molecular weight excluding hydrogens is 294 g/mol. The van der Waals surface area contributed by atoms with Gasteiger partial charge >= 0.3 is 0 Å². The molecular formula is C11H14ClNO3S2. The lowest BCUT2D eigenvalue weighted by molar-refractivity contribution is -0.127. The Morgan fingerprint density at radius 2 is 2.00 bits per heavy atom. The van der Waals surface area contributed by atoms with E-state index in [9.17, 15) is 13.2 Å². The number of thiophene rings is 1. The highest BCUT2D eigenvalue weighted by Crippen LogP contribution is 2.23. The third kappa shape index (κ3) is 3.70. The summed E-state index contributed by atoms with van der Waals surface area (Å²) < 4.78 is 24.3. The summed E-state index contributed by atoms with van der Waals surface area (Å²) in [6.45, 7) is 1.36. The molecule has 1 fully saturated rings. The molecule has 0 bridgehead atoms. The molecule has 1 aromatic heterocycles. The van der Waals surface area contributed by atoms with Crippen LogP contribution in [-0.2, 0) is 20.4 Å². The molecule has 7 heteroatoms. The molecule has 2 rings (SSSR count). The van der Waals surface area contributed by atoms with Gasteiger partial charge in [-0.25, -0.2) is 8.42 Å². The summed E-state index contributed by atoms with van der Waals surface area (Å²) in [6.07, 6.45) is 1.93. The zero-order valence-electron chi connectivity index (χ0n) is 9.76. The Hall–Kier alpha value is -0.590. The van der Waals surface area contributed by atoms with Gasteiger partial charge in [-0.3, -0.25) is 4.79 Å². The molecule has 0 aromatic carbocycles. The monoisotopic (exact) mass is 307 g/mol. The zero-order chi connectivity index (χ0) is 13.2. The normalized spacial score (nSPS) is 16.2. The Labute approximate surface area is 115 Å². The lowest BCUT2D eigenvalue weighted by Crippen LogP contribution is -2.33. The molecule has 100 valence electrons. The van der Waals surface area contributed by atoms with E-state index in [1.54, 1.807) is 17.0 Å². The standard InChI is InChI=1S/C11H14ClNO3S2/c12-10-4-3-9(17-10)7-18(15,16)8-11(14)13-5-1-2-6-13/h3-4H,1-2,5-8H2. The Kier molecular flexibility index (Phi) is 4.29. The average Bonchev–Trinajstić information content (AvgIpc) is 2.88. The van der Waals surface area contributed by atoms with Crippen LogP contribution >= 0.6 is 22.9 Å². The highest BCUT2D eigenvalue weighted by atomic mass is 35.5. The number of amides is 1. The number of carbonyl (C=O) groups is 1. The van der Waals surface area contributed by atoms with Crippen LogP contribution in [0.15, 0.2) is 12.1 Å². The van der Waals surface area contributed by atoms with Crippen LogP contribution in [0.1, 0.15) is 17.7 Å². The van der Waals surface area contributed by atoms with Crippen molar-refractivity contribution < 1.29 is 13.2 Å². The topological polar surface area (TPSA) is 54.5 Å². The summed E-state index contributed by atoms with van der Waals surface area (Å²) in [5, 5.41) is 0. The number of carbonyl (C=O) groups excluding carboxylic acids is 1. The van der Waals surface area contributed by atoms with Crippen LogP contribution in [0, 0.1) is 0 Å². The third-order valence-electron chi connectivity index (χ3n) is 2.79. The number of rotatable bonds is 4. The van der Waals surface area contributed by atoms with E-state index in [0.717, 1.165) is 12.8 Å². The third-order valence-corrected chi connectivity index (χ3v) is 5.64. The molecule has 2 heterocycles. The second kappa shape index (κ2) is 5.59. The van der Waals surface area contributed by atoms with Gasteiger partial charge in [-0.1, -0.05) is 11.6 Å². The van der Waals surface area contributed by atoms with Crippen LogP contribution in [0.5, 0.6) is 0 Å². The second-order valence-electron chi connectivity index (χ2n) is 4.33. The van der Waals surface area contributed by atoms with Crippen LogP contribution < -0.4 is 0 Å². The number of hydrogen-bond acceptors (Lipinski definition) is 4. The molecule has 1 amide bonds. The van der Waals surface area contributed by atoms with Gasteiger partial charge in [0, 0.05) is 18.0 Å². The number of halogens is 1. The van der Waals surface area contributed by atoms with Crippen LogP contribution in [0.25, 0.3) is 0 Å². The molecule has 0 spiro atoms. The summed E-state index contributed by atoms with van der Waals surface area (Å²) in [5.74, 6) is -0.790. The summed E-state index contributed by atoms with van der Waals surface area (Å²) in [6, 6.07) is 3.35.